The molecule has 100 valence electrons. The van der Waals surface area contributed by atoms with E-state index in [0.29, 0.717) is 0 Å². The molecule has 0 radical (unpaired) electrons. The summed E-state index contributed by atoms with van der Waals surface area (Å²) in [6.07, 6.45) is 0. The number of halogens is 7. The Morgan fingerprint density at radius 1 is 0.789 bits per heavy atom. The average Bonchev–Trinajstić information content (AvgIpc) is 2.38. The molecule has 0 saturated heterocycles. The fraction of sp³-hybridized carbons (Fsp3) is 0. The molecule has 2 rings (SSSR count). The van der Waals surface area contributed by atoms with Crippen LogP contribution in [-0.2, 0) is 0 Å². The summed E-state index contributed by atoms with van der Waals surface area (Å²) in [5.41, 5.74) is 0.459. The van der Waals surface area contributed by atoms with Gasteiger partial charge in [-0.15, -0.1) is 0 Å². The Morgan fingerprint density at radius 2 is 1.26 bits per heavy atom. The van der Waals surface area contributed by atoms with Gasteiger partial charge < -0.3 is 0 Å². The predicted molar refractivity (Wildman–Crippen MR) is 89.6 cm³/mol. The third-order valence-electron chi connectivity index (χ3n) is 2.41. The van der Waals surface area contributed by atoms with Crippen LogP contribution in [0.2, 0.25) is 25.1 Å². The first-order valence-corrected chi connectivity index (χ1v) is 7.78. The molecule has 0 atom stereocenters. The fourth-order valence-electron chi connectivity index (χ4n) is 1.53. The highest BCUT2D eigenvalue weighted by Crippen LogP contribution is 2.48. The highest BCUT2D eigenvalue weighted by molar-refractivity contribution is 14.1. The SMILES string of the molecule is Fc1ccc(I)cc1-c1c(Cl)c(Cl)c(Cl)c(Cl)c1Cl. The minimum atomic E-state index is -0.473. The molecule has 0 aliphatic carbocycles. The topological polar surface area (TPSA) is 0 Å². The second kappa shape index (κ2) is 6.12. The van der Waals surface area contributed by atoms with Crippen molar-refractivity contribution in [3.63, 3.8) is 0 Å². The van der Waals surface area contributed by atoms with Gasteiger partial charge in [-0.25, -0.2) is 4.39 Å². The molecule has 0 bridgehead atoms. The quantitative estimate of drug-likeness (QED) is 0.232. The lowest BCUT2D eigenvalue weighted by Crippen LogP contribution is -1.91. The first-order chi connectivity index (χ1) is 8.84. The summed E-state index contributed by atoms with van der Waals surface area (Å²) in [6, 6.07) is 4.55. The molecule has 0 heterocycles. The maximum Gasteiger partial charge on any atom is 0.131 e. The number of benzene rings is 2. The molecular weight excluding hydrogens is 467 g/mol. The van der Waals surface area contributed by atoms with Gasteiger partial charge in [-0.2, -0.15) is 0 Å². The van der Waals surface area contributed by atoms with Crippen molar-refractivity contribution in [2.24, 2.45) is 0 Å². The molecule has 0 aliphatic heterocycles. The zero-order valence-electron chi connectivity index (χ0n) is 8.88. The summed E-state index contributed by atoms with van der Waals surface area (Å²) < 4.78 is 14.8. The van der Waals surface area contributed by atoms with Crippen LogP contribution in [0.15, 0.2) is 18.2 Å². The lowest BCUT2D eigenvalue weighted by molar-refractivity contribution is 0.631. The van der Waals surface area contributed by atoms with E-state index in [2.05, 4.69) is 22.6 Å². The average molecular weight is 470 g/mol. The predicted octanol–water partition coefficient (Wildman–Crippen LogP) is 7.36. The van der Waals surface area contributed by atoms with E-state index in [0.717, 1.165) is 3.57 Å². The summed E-state index contributed by atoms with van der Waals surface area (Å²) in [7, 11) is 0. The third-order valence-corrected chi connectivity index (χ3v) is 5.36. The second-order valence-electron chi connectivity index (χ2n) is 3.57. The number of rotatable bonds is 1. The molecule has 0 aromatic heterocycles. The highest BCUT2D eigenvalue weighted by atomic mass is 127. The molecule has 2 aromatic rings. The molecule has 0 unspecified atom stereocenters. The molecule has 0 saturated carbocycles. The van der Waals surface area contributed by atoms with Gasteiger partial charge in [0.2, 0.25) is 0 Å². The molecule has 0 fully saturated rings. The Labute approximate surface area is 147 Å². The minimum Gasteiger partial charge on any atom is -0.206 e. The molecule has 19 heavy (non-hydrogen) atoms. The number of hydrogen-bond donors (Lipinski definition) is 0. The van der Waals surface area contributed by atoms with Crippen LogP contribution in [0.5, 0.6) is 0 Å². The van der Waals surface area contributed by atoms with E-state index in [9.17, 15) is 4.39 Å². The van der Waals surface area contributed by atoms with Crippen molar-refractivity contribution in [2.75, 3.05) is 0 Å². The molecule has 0 aliphatic rings. The van der Waals surface area contributed by atoms with Gasteiger partial charge in [0.05, 0.1) is 25.1 Å². The van der Waals surface area contributed by atoms with Gasteiger partial charge in [0, 0.05) is 14.7 Å². The van der Waals surface area contributed by atoms with E-state index in [1.54, 1.807) is 12.1 Å². The normalized spacial score (nSPS) is 10.9. The van der Waals surface area contributed by atoms with Crippen molar-refractivity contribution in [3.8, 4) is 11.1 Å². The number of hydrogen-bond acceptors (Lipinski definition) is 0. The monoisotopic (exact) mass is 468 g/mol. The fourth-order valence-corrected chi connectivity index (χ4v) is 3.36. The summed E-state index contributed by atoms with van der Waals surface area (Å²) in [5.74, 6) is -0.473. The van der Waals surface area contributed by atoms with E-state index in [1.165, 1.54) is 6.07 Å². The summed E-state index contributed by atoms with van der Waals surface area (Å²) in [5, 5.41) is 0.286. The Balaban J connectivity index is 2.87. The Kier molecular flexibility index (Phi) is 5.13. The molecular formula is C12H3Cl5FI. The Hall–Kier alpha value is 0.550. The van der Waals surface area contributed by atoms with E-state index < -0.39 is 5.82 Å². The molecule has 0 nitrogen and oxygen atoms in total. The highest BCUT2D eigenvalue weighted by Gasteiger charge is 2.22. The van der Waals surface area contributed by atoms with Gasteiger partial charge in [0.15, 0.2) is 0 Å². The van der Waals surface area contributed by atoms with Gasteiger partial charge in [-0.1, -0.05) is 58.0 Å². The molecule has 0 N–H and O–H groups in total. The minimum absolute atomic E-state index is 0.0472. The summed E-state index contributed by atoms with van der Waals surface area (Å²) in [4.78, 5) is 0. The summed E-state index contributed by atoms with van der Waals surface area (Å²) >= 11 is 32.1. The van der Waals surface area contributed by atoms with Crippen molar-refractivity contribution in [3.05, 3.63) is 52.7 Å². The van der Waals surface area contributed by atoms with Crippen LogP contribution in [0.3, 0.4) is 0 Å². The van der Waals surface area contributed by atoms with Gasteiger partial charge in [0.25, 0.3) is 0 Å². The second-order valence-corrected chi connectivity index (χ2v) is 6.70. The smallest absolute Gasteiger partial charge is 0.131 e. The van der Waals surface area contributed by atoms with Crippen molar-refractivity contribution in [1.82, 2.24) is 0 Å². The molecule has 0 amide bonds. The van der Waals surface area contributed by atoms with E-state index in [-0.39, 0.29) is 36.2 Å². The van der Waals surface area contributed by atoms with Gasteiger partial charge in [0.1, 0.15) is 5.82 Å². The molecule has 7 heteroatoms. The van der Waals surface area contributed by atoms with E-state index in [4.69, 9.17) is 58.0 Å². The van der Waals surface area contributed by atoms with Crippen LogP contribution in [0, 0.1) is 9.39 Å². The first-order valence-electron chi connectivity index (χ1n) is 4.81. The maximum absolute atomic E-state index is 13.9. The third kappa shape index (κ3) is 2.94. The Morgan fingerprint density at radius 3 is 1.79 bits per heavy atom. The Bertz CT molecular complexity index is 643. The van der Waals surface area contributed by atoms with Crippen LogP contribution in [0.1, 0.15) is 0 Å². The molecule has 2 aromatic carbocycles. The lowest BCUT2D eigenvalue weighted by atomic mass is 10.0. The largest absolute Gasteiger partial charge is 0.206 e. The van der Waals surface area contributed by atoms with Crippen molar-refractivity contribution in [2.45, 2.75) is 0 Å². The van der Waals surface area contributed by atoms with Crippen LogP contribution < -0.4 is 0 Å². The van der Waals surface area contributed by atoms with Gasteiger partial charge in [-0.3, -0.25) is 0 Å². The maximum atomic E-state index is 13.9. The zero-order valence-corrected chi connectivity index (χ0v) is 14.8. The van der Waals surface area contributed by atoms with Crippen molar-refractivity contribution in [1.29, 1.82) is 0 Å². The first kappa shape index (κ1) is 15.9. The summed E-state index contributed by atoms with van der Waals surface area (Å²) in [6.45, 7) is 0. The van der Waals surface area contributed by atoms with Gasteiger partial charge in [-0.05, 0) is 40.8 Å². The van der Waals surface area contributed by atoms with Crippen LogP contribution >= 0.6 is 80.6 Å². The van der Waals surface area contributed by atoms with Crippen LogP contribution in [0.25, 0.3) is 11.1 Å². The van der Waals surface area contributed by atoms with Gasteiger partial charge >= 0.3 is 0 Å². The van der Waals surface area contributed by atoms with Crippen LogP contribution in [0.4, 0.5) is 4.39 Å². The van der Waals surface area contributed by atoms with E-state index >= 15 is 0 Å². The standard InChI is InChI=1S/C12H3Cl5FI/c13-8-7(5-3-4(19)1-2-6(5)18)9(14)11(16)12(17)10(8)15/h1-3H. The van der Waals surface area contributed by atoms with E-state index in [1.807, 2.05) is 0 Å². The molecule has 0 spiro atoms. The van der Waals surface area contributed by atoms with Crippen molar-refractivity contribution < 1.29 is 4.39 Å². The van der Waals surface area contributed by atoms with Crippen molar-refractivity contribution >= 4 is 80.6 Å². The van der Waals surface area contributed by atoms with Crippen LogP contribution in [-0.4, -0.2) is 0 Å². The zero-order chi connectivity index (χ0) is 14.3. The lowest BCUT2D eigenvalue weighted by Gasteiger charge is -2.13.